The predicted octanol–water partition coefficient (Wildman–Crippen LogP) is 1.71. The van der Waals surface area contributed by atoms with Gasteiger partial charge in [-0.1, -0.05) is 25.0 Å². The number of hydrogen-bond acceptors (Lipinski definition) is 2. The standard InChI is InChI=1S/C13H19NO3/c15-12(8-9-3-1-2-4-9)14-11(13(16)17)7-10-5-6-10/h1,3,9-11H,2,4-8H2,(H,14,15)(H,16,17). The fraction of sp³-hybridized carbons (Fsp3) is 0.692. The summed E-state index contributed by atoms with van der Waals surface area (Å²) in [6.07, 6.45) is 9.38. The summed E-state index contributed by atoms with van der Waals surface area (Å²) in [5, 5.41) is 11.7. The Morgan fingerprint density at radius 3 is 2.65 bits per heavy atom. The lowest BCUT2D eigenvalue weighted by molar-refractivity contribution is -0.142. The third kappa shape index (κ3) is 3.88. The van der Waals surface area contributed by atoms with E-state index in [0.717, 1.165) is 25.7 Å². The van der Waals surface area contributed by atoms with Crippen LogP contribution in [-0.2, 0) is 9.59 Å². The van der Waals surface area contributed by atoms with Crippen LogP contribution in [0.3, 0.4) is 0 Å². The van der Waals surface area contributed by atoms with Crippen molar-refractivity contribution in [1.82, 2.24) is 5.32 Å². The van der Waals surface area contributed by atoms with E-state index in [1.165, 1.54) is 0 Å². The predicted molar refractivity (Wildman–Crippen MR) is 63.4 cm³/mol. The Balaban J connectivity index is 1.77. The largest absolute Gasteiger partial charge is 0.480 e. The molecule has 0 aromatic carbocycles. The summed E-state index contributed by atoms with van der Waals surface area (Å²) in [6.45, 7) is 0. The van der Waals surface area contributed by atoms with Gasteiger partial charge in [-0.2, -0.15) is 0 Å². The highest BCUT2D eigenvalue weighted by molar-refractivity contribution is 5.83. The van der Waals surface area contributed by atoms with Crippen molar-refractivity contribution < 1.29 is 14.7 Å². The van der Waals surface area contributed by atoms with Crippen molar-refractivity contribution in [3.05, 3.63) is 12.2 Å². The van der Waals surface area contributed by atoms with E-state index in [-0.39, 0.29) is 5.91 Å². The van der Waals surface area contributed by atoms with E-state index in [9.17, 15) is 9.59 Å². The van der Waals surface area contributed by atoms with Gasteiger partial charge in [0.15, 0.2) is 0 Å². The molecule has 2 unspecified atom stereocenters. The van der Waals surface area contributed by atoms with Crippen molar-refractivity contribution in [3.8, 4) is 0 Å². The second-order valence-corrected chi connectivity index (χ2v) is 5.11. The smallest absolute Gasteiger partial charge is 0.326 e. The van der Waals surface area contributed by atoms with Gasteiger partial charge in [-0.3, -0.25) is 4.79 Å². The van der Waals surface area contributed by atoms with Gasteiger partial charge in [0.05, 0.1) is 0 Å². The van der Waals surface area contributed by atoms with Crippen LogP contribution in [0.1, 0.15) is 38.5 Å². The van der Waals surface area contributed by atoms with Crippen LogP contribution in [0.2, 0.25) is 0 Å². The third-order valence-corrected chi connectivity index (χ3v) is 3.46. The molecular formula is C13H19NO3. The molecule has 2 atom stereocenters. The lowest BCUT2D eigenvalue weighted by Gasteiger charge is -2.15. The minimum Gasteiger partial charge on any atom is -0.480 e. The van der Waals surface area contributed by atoms with Gasteiger partial charge in [-0.05, 0) is 31.1 Å². The summed E-state index contributed by atoms with van der Waals surface area (Å²) in [6, 6.07) is -0.694. The van der Waals surface area contributed by atoms with Crippen LogP contribution < -0.4 is 5.32 Å². The molecule has 2 aliphatic rings. The molecule has 94 valence electrons. The van der Waals surface area contributed by atoms with Crippen LogP contribution in [0.25, 0.3) is 0 Å². The molecule has 1 amide bonds. The summed E-state index contributed by atoms with van der Waals surface area (Å²) in [5.41, 5.74) is 0. The Kier molecular flexibility index (Phi) is 3.82. The highest BCUT2D eigenvalue weighted by Crippen LogP contribution is 2.33. The van der Waals surface area contributed by atoms with Gasteiger partial charge in [0.25, 0.3) is 0 Å². The first-order chi connectivity index (χ1) is 8.15. The molecule has 2 N–H and O–H groups in total. The number of carbonyl (C=O) groups excluding carboxylic acids is 1. The molecule has 0 aromatic heterocycles. The Morgan fingerprint density at radius 2 is 2.12 bits per heavy atom. The summed E-state index contributed by atoms with van der Waals surface area (Å²) < 4.78 is 0. The first kappa shape index (κ1) is 12.1. The van der Waals surface area contributed by atoms with Crippen LogP contribution in [0.5, 0.6) is 0 Å². The molecule has 0 radical (unpaired) electrons. The zero-order valence-electron chi connectivity index (χ0n) is 9.89. The number of carboxylic acids is 1. The second kappa shape index (κ2) is 5.34. The Morgan fingerprint density at radius 1 is 1.35 bits per heavy atom. The Labute approximate surface area is 101 Å². The molecule has 0 saturated heterocycles. The van der Waals surface area contributed by atoms with Gasteiger partial charge in [0.2, 0.25) is 5.91 Å². The number of hydrogen-bond donors (Lipinski definition) is 2. The minimum atomic E-state index is -0.910. The lowest BCUT2D eigenvalue weighted by Crippen LogP contribution is -2.41. The van der Waals surface area contributed by atoms with Gasteiger partial charge < -0.3 is 10.4 Å². The second-order valence-electron chi connectivity index (χ2n) is 5.11. The van der Waals surface area contributed by atoms with Crippen molar-refractivity contribution in [2.45, 2.75) is 44.6 Å². The van der Waals surface area contributed by atoms with Crippen molar-refractivity contribution >= 4 is 11.9 Å². The molecule has 4 heteroatoms. The van der Waals surface area contributed by atoms with Crippen LogP contribution in [0.4, 0.5) is 0 Å². The van der Waals surface area contributed by atoms with Gasteiger partial charge in [0.1, 0.15) is 6.04 Å². The average Bonchev–Trinajstić information content (AvgIpc) is 2.93. The molecule has 0 heterocycles. The van der Waals surface area contributed by atoms with Crippen LogP contribution >= 0.6 is 0 Å². The lowest BCUT2D eigenvalue weighted by atomic mass is 10.0. The fourth-order valence-electron chi connectivity index (χ4n) is 2.27. The van der Waals surface area contributed by atoms with Crippen LogP contribution in [-0.4, -0.2) is 23.0 Å². The monoisotopic (exact) mass is 237 g/mol. The van der Waals surface area contributed by atoms with Crippen molar-refractivity contribution in [3.63, 3.8) is 0 Å². The summed E-state index contributed by atoms with van der Waals surface area (Å²) in [7, 11) is 0. The molecule has 1 fully saturated rings. The van der Waals surface area contributed by atoms with Gasteiger partial charge in [-0.25, -0.2) is 4.79 Å². The summed E-state index contributed by atoms with van der Waals surface area (Å²) in [4.78, 5) is 22.7. The van der Waals surface area contributed by atoms with E-state index < -0.39 is 12.0 Å². The highest BCUT2D eigenvalue weighted by Gasteiger charge is 2.30. The Hall–Kier alpha value is -1.32. The number of amides is 1. The summed E-state index contributed by atoms with van der Waals surface area (Å²) >= 11 is 0. The SMILES string of the molecule is O=C(CC1C=CCC1)NC(CC1CC1)C(=O)O. The third-order valence-electron chi connectivity index (χ3n) is 3.46. The molecule has 1 saturated carbocycles. The number of rotatable bonds is 6. The minimum absolute atomic E-state index is 0.130. The fourth-order valence-corrected chi connectivity index (χ4v) is 2.27. The number of carbonyl (C=O) groups is 2. The molecule has 2 rings (SSSR count). The summed E-state index contributed by atoms with van der Waals surface area (Å²) in [5.74, 6) is -0.241. The highest BCUT2D eigenvalue weighted by atomic mass is 16.4. The average molecular weight is 237 g/mol. The van der Waals surface area contributed by atoms with Gasteiger partial charge in [-0.15, -0.1) is 0 Å². The van der Waals surface area contributed by atoms with E-state index in [2.05, 4.69) is 17.5 Å². The maximum Gasteiger partial charge on any atom is 0.326 e. The van der Waals surface area contributed by atoms with Gasteiger partial charge >= 0.3 is 5.97 Å². The molecular weight excluding hydrogens is 218 g/mol. The van der Waals surface area contributed by atoms with E-state index in [0.29, 0.717) is 24.7 Å². The van der Waals surface area contributed by atoms with Crippen molar-refractivity contribution in [2.75, 3.05) is 0 Å². The number of carboxylic acid groups (broad SMARTS) is 1. The topological polar surface area (TPSA) is 66.4 Å². The molecule has 0 spiro atoms. The molecule has 0 bridgehead atoms. The zero-order chi connectivity index (χ0) is 12.3. The molecule has 0 aliphatic heterocycles. The maximum atomic E-state index is 11.7. The molecule has 4 nitrogen and oxygen atoms in total. The number of aliphatic carboxylic acids is 1. The van der Waals surface area contributed by atoms with Gasteiger partial charge in [0, 0.05) is 6.42 Å². The van der Waals surface area contributed by atoms with E-state index in [1.807, 2.05) is 0 Å². The van der Waals surface area contributed by atoms with Crippen molar-refractivity contribution in [1.29, 1.82) is 0 Å². The Bertz CT molecular complexity index is 334. The van der Waals surface area contributed by atoms with Crippen molar-refractivity contribution in [2.24, 2.45) is 11.8 Å². The van der Waals surface area contributed by atoms with E-state index in [4.69, 9.17) is 5.11 Å². The first-order valence-corrected chi connectivity index (χ1v) is 6.34. The normalized spacial score (nSPS) is 24.6. The number of nitrogens with one attached hydrogen (secondary N) is 1. The maximum absolute atomic E-state index is 11.7. The zero-order valence-corrected chi connectivity index (χ0v) is 9.89. The molecule has 0 aromatic rings. The van der Waals surface area contributed by atoms with E-state index >= 15 is 0 Å². The van der Waals surface area contributed by atoms with E-state index in [1.54, 1.807) is 0 Å². The first-order valence-electron chi connectivity index (χ1n) is 6.34. The van der Waals surface area contributed by atoms with Crippen LogP contribution in [0, 0.1) is 11.8 Å². The molecule has 2 aliphatic carbocycles. The molecule has 17 heavy (non-hydrogen) atoms. The van der Waals surface area contributed by atoms with Crippen LogP contribution in [0.15, 0.2) is 12.2 Å². The number of allylic oxidation sites excluding steroid dienone is 2. The quantitative estimate of drug-likeness (QED) is 0.691.